The van der Waals surface area contributed by atoms with Gasteiger partial charge in [-0.1, -0.05) is 12.2 Å². The van der Waals surface area contributed by atoms with Crippen LogP contribution in [0.5, 0.6) is 0 Å². The van der Waals surface area contributed by atoms with E-state index in [1.54, 1.807) is 0 Å². The van der Waals surface area contributed by atoms with Gasteiger partial charge in [-0.25, -0.2) is 0 Å². The molecule has 2 rings (SSSR count). The van der Waals surface area contributed by atoms with Crippen LogP contribution in [0.1, 0.15) is 6.42 Å². The molecule has 0 amide bonds. The van der Waals surface area contributed by atoms with Gasteiger partial charge in [-0.15, -0.1) is 0 Å². The zero-order chi connectivity index (χ0) is 6.97. The first-order valence-corrected chi connectivity index (χ1v) is 3.50. The Morgan fingerprint density at radius 2 is 2.30 bits per heavy atom. The normalized spacial score (nSPS) is 23.8. The summed E-state index contributed by atoms with van der Waals surface area (Å²) in [5, 5.41) is 3.15. The predicted molar refractivity (Wildman–Crippen MR) is 38.7 cm³/mol. The second kappa shape index (κ2) is 2.06. The van der Waals surface area contributed by atoms with Gasteiger partial charge in [0.1, 0.15) is 0 Å². The zero-order valence-corrected chi connectivity index (χ0v) is 5.68. The number of carbonyl (C=O) groups excluding carboxylic acids is 1. The Hall–Kier alpha value is -0.890. The van der Waals surface area contributed by atoms with Crippen molar-refractivity contribution in [1.29, 1.82) is 0 Å². The van der Waals surface area contributed by atoms with Crippen LogP contribution in [0.2, 0.25) is 0 Å². The van der Waals surface area contributed by atoms with Crippen molar-refractivity contribution in [2.75, 3.05) is 13.1 Å². The lowest BCUT2D eigenvalue weighted by atomic mass is 9.99. The van der Waals surface area contributed by atoms with E-state index in [2.05, 4.69) is 11.4 Å². The summed E-state index contributed by atoms with van der Waals surface area (Å²) in [7, 11) is 0. The minimum Gasteiger partial charge on any atom is -0.308 e. The Kier molecular flexibility index (Phi) is 1.21. The fraction of sp³-hybridized carbons (Fsp3) is 0.375. The highest BCUT2D eigenvalue weighted by atomic mass is 16.1. The lowest BCUT2D eigenvalue weighted by Gasteiger charge is -2.03. The Labute approximate surface area is 59.6 Å². The number of hydrogen-bond acceptors (Lipinski definition) is 2. The van der Waals surface area contributed by atoms with Crippen molar-refractivity contribution >= 4 is 5.78 Å². The van der Waals surface area contributed by atoms with Gasteiger partial charge < -0.3 is 5.32 Å². The van der Waals surface area contributed by atoms with Crippen molar-refractivity contribution in [2.24, 2.45) is 0 Å². The molecular formula is C8H9NO. The van der Waals surface area contributed by atoms with E-state index in [4.69, 9.17) is 0 Å². The van der Waals surface area contributed by atoms with Crippen molar-refractivity contribution in [3.05, 3.63) is 23.3 Å². The van der Waals surface area contributed by atoms with Crippen LogP contribution in [0.3, 0.4) is 0 Å². The molecule has 0 aromatic rings. The molecule has 0 aromatic carbocycles. The zero-order valence-electron chi connectivity index (χ0n) is 5.68. The average Bonchev–Trinajstić information content (AvgIpc) is 2.36. The van der Waals surface area contributed by atoms with Gasteiger partial charge in [-0.05, 0) is 5.57 Å². The molecule has 0 atom stereocenters. The van der Waals surface area contributed by atoms with Crippen LogP contribution in [-0.2, 0) is 4.79 Å². The average molecular weight is 135 g/mol. The van der Waals surface area contributed by atoms with Crippen LogP contribution in [0, 0.1) is 0 Å². The van der Waals surface area contributed by atoms with E-state index < -0.39 is 0 Å². The minimum atomic E-state index is 0.294. The lowest BCUT2D eigenvalue weighted by Crippen LogP contribution is -2.11. The van der Waals surface area contributed by atoms with E-state index >= 15 is 0 Å². The van der Waals surface area contributed by atoms with E-state index in [1.165, 1.54) is 5.57 Å². The highest BCUT2D eigenvalue weighted by Crippen LogP contribution is 2.18. The maximum absolute atomic E-state index is 11.1. The van der Waals surface area contributed by atoms with Crippen LogP contribution in [0.15, 0.2) is 23.3 Å². The molecule has 10 heavy (non-hydrogen) atoms. The number of Topliss-reactive ketones (excluding diaryl/α,β-unsaturated/α-hetero) is 1. The number of hydrogen-bond donors (Lipinski definition) is 1. The summed E-state index contributed by atoms with van der Waals surface area (Å²) in [4.78, 5) is 11.1. The standard InChI is InChI=1S/C8H9NO/c10-8-3-1-2-6-4-9-5-7(6)8/h1-2,9H,3-5H2. The molecule has 0 unspecified atom stereocenters. The van der Waals surface area contributed by atoms with E-state index in [-0.39, 0.29) is 0 Å². The molecule has 0 spiro atoms. The van der Waals surface area contributed by atoms with Crippen LogP contribution in [0.4, 0.5) is 0 Å². The quantitative estimate of drug-likeness (QED) is 0.521. The van der Waals surface area contributed by atoms with E-state index in [9.17, 15) is 4.79 Å². The Balaban J connectivity index is 2.39. The second-order valence-corrected chi connectivity index (χ2v) is 2.64. The fourth-order valence-electron chi connectivity index (χ4n) is 1.41. The van der Waals surface area contributed by atoms with E-state index in [1.807, 2.05) is 6.08 Å². The van der Waals surface area contributed by atoms with Crippen molar-refractivity contribution in [1.82, 2.24) is 5.32 Å². The summed E-state index contributed by atoms with van der Waals surface area (Å²) in [5.41, 5.74) is 2.19. The first kappa shape index (κ1) is 5.86. The maximum atomic E-state index is 11.1. The summed E-state index contributed by atoms with van der Waals surface area (Å²) < 4.78 is 0. The number of nitrogens with one attached hydrogen (secondary N) is 1. The topological polar surface area (TPSA) is 29.1 Å². The molecule has 1 aliphatic carbocycles. The molecule has 1 aliphatic heterocycles. The van der Waals surface area contributed by atoms with Crippen LogP contribution >= 0.6 is 0 Å². The van der Waals surface area contributed by atoms with E-state index in [0.29, 0.717) is 12.2 Å². The molecule has 1 heterocycles. The maximum Gasteiger partial charge on any atom is 0.164 e. The van der Waals surface area contributed by atoms with Gasteiger partial charge >= 0.3 is 0 Å². The van der Waals surface area contributed by atoms with Gasteiger partial charge in [0.2, 0.25) is 0 Å². The lowest BCUT2D eigenvalue weighted by molar-refractivity contribution is -0.114. The monoisotopic (exact) mass is 135 g/mol. The molecule has 0 radical (unpaired) electrons. The number of allylic oxidation sites excluding steroid dienone is 1. The third-order valence-electron chi connectivity index (χ3n) is 1.96. The largest absolute Gasteiger partial charge is 0.308 e. The molecule has 0 saturated heterocycles. The molecule has 0 fully saturated rings. The summed E-state index contributed by atoms with van der Waals surface area (Å²) >= 11 is 0. The molecule has 0 aromatic heterocycles. The molecule has 0 saturated carbocycles. The SMILES string of the molecule is O=C1CC=CC2=C1CNC2. The van der Waals surface area contributed by atoms with Crippen molar-refractivity contribution < 1.29 is 4.79 Å². The number of rotatable bonds is 0. The van der Waals surface area contributed by atoms with Gasteiger partial charge in [0, 0.05) is 25.1 Å². The summed E-state index contributed by atoms with van der Waals surface area (Å²) in [5.74, 6) is 0.294. The van der Waals surface area contributed by atoms with Crippen LogP contribution in [-0.4, -0.2) is 18.9 Å². The summed E-state index contributed by atoms with van der Waals surface area (Å²) in [6.45, 7) is 1.65. The fourth-order valence-corrected chi connectivity index (χ4v) is 1.41. The van der Waals surface area contributed by atoms with Gasteiger partial charge in [0.05, 0.1) is 0 Å². The summed E-state index contributed by atoms with van der Waals surface area (Å²) in [6, 6.07) is 0. The van der Waals surface area contributed by atoms with Crippen molar-refractivity contribution in [2.45, 2.75) is 6.42 Å². The predicted octanol–water partition coefficient (Wildman–Crippen LogP) is 0.415. The van der Waals surface area contributed by atoms with Crippen LogP contribution < -0.4 is 5.32 Å². The molecule has 2 heteroatoms. The molecule has 0 bridgehead atoms. The van der Waals surface area contributed by atoms with E-state index in [0.717, 1.165) is 18.7 Å². The van der Waals surface area contributed by atoms with Gasteiger partial charge in [-0.3, -0.25) is 4.79 Å². The summed E-state index contributed by atoms with van der Waals surface area (Å²) in [6.07, 6.45) is 4.59. The molecular weight excluding hydrogens is 126 g/mol. The van der Waals surface area contributed by atoms with Gasteiger partial charge in [0.25, 0.3) is 0 Å². The van der Waals surface area contributed by atoms with Crippen molar-refractivity contribution in [3.8, 4) is 0 Å². The highest BCUT2D eigenvalue weighted by molar-refractivity contribution is 5.99. The third kappa shape index (κ3) is 0.727. The Morgan fingerprint density at radius 1 is 1.40 bits per heavy atom. The van der Waals surface area contributed by atoms with Gasteiger partial charge in [0.15, 0.2) is 5.78 Å². The first-order chi connectivity index (χ1) is 4.88. The number of ketones is 1. The molecule has 1 N–H and O–H groups in total. The smallest absolute Gasteiger partial charge is 0.164 e. The minimum absolute atomic E-state index is 0.294. The molecule has 2 nitrogen and oxygen atoms in total. The molecule has 52 valence electrons. The van der Waals surface area contributed by atoms with Crippen LogP contribution in [0.25, 0.3) is 0 Å². The Morgan fingerprint density at radius 3 is 3.10 bits per heavy atom. The third-order valence-corrected chi connectivity index (χ3v) is 1.96. The second-order valence-electron chi connectivity index (χ2n) is 2.64. The Bertz CT molecular complexity index is 238. The highest BCUT2D eigenvalue weighted by Gasteiger charge is 2.19. The molecule has 2 aliphatic rings. The first-order valence-electron chi connectivity index (χ1n) is 3.50. The van der Waals surface area contributed by atoms with Crippen molar-refractivity contribution in [3.63, 3.8) is 0 Å². The number of carbonyl (C=O) groups is 1. The van der Waals surface area contributed by atoms with Gasteiger partial charge in [-0.2, -0.15) is 0 Å².